The Morgan fingerprint density at radius 1 is 1.13 bits per heavy atom. The smallest absolute Gasteiger partial charge is 0.0962 e. The number of hydrogen-bond donors (Lipinski definition) is 3. The Kier molecular flexibility index (Phi) is 2.61. The molecule has 0 aromatic heterocycles. The van der Waals surface area contributed by atoms with Gasteiger partial charge in [0.05, 0.1) is 5.60 Å². The van der Waals surface area contributed by atoms with Gasteiger partial charge in [0.25, 0.3) is 0 Å². The first-order valence-electron chi connectivity index (χ1n) is 6.06. The van der Waals surface area contributed by atoms with Gasteiger partial charge in [-0.25, -0.2) is 0 Å². The van der Waals surface area contributed by atoms with Gasteiger partial charge >= 0.3 is 0 Å². The summed E-state index contributed by atoms with van der Waals surface area (Å²) in [4.78, 5) is 0. The van der Waals surface area contributed by atoms with Crippen molar-refractivity contribution >= 4 is 0 Å². The maximum Gasteiger partial charge on any atom is 0.0962 e. The van der Waals surface area contributed by atoms with Crippen molar-refractivity contribution in [1.82, 2.24) is 5.32 Å². The van der Waals surface area contributed by atoms with E-state index in [0.29, 0.717) is 12.0 Å². The van der Waals surface area contributed by atoms with Crippen molar-refractivity contribution in [3.8, 4) is 0 Å². The van der Waals surface area contributed by atoms with Crippen molar-refractivity contribution in [3.05, 3.63) is 0 Å². The molecule has 0 amide bonds. The highest BCUT2D eigenvalue weighted by atomic mass is 16.3. The Labute approximate surface area is 92.4 Å². The van der Waals surface area contributed by atoms with Gasteiger partial charge in [-0.3, -0.25) is 0 Å². The molecule has 1 aliphatic heterocycles. The summed E-state index contributed by atoms with van der Waals surface area (Å²) in [5, 5.41) is 13.7. The zero-order valence-corrected chi connectivity index (χ0v) is 9.97. The number of nitrogens with two attached hydrogens (primary N) is 1. The van der Waals surface area contributed by atoms with Crippen LogP contribution >= 0.6 is 0 Å². The normalized spacial score (nSPS) is 32.0. The molecule has 0 spiro atoms. The average Bonchev–Trinajstić information content (AvgIpc) is 2.15. The monoisotopic (exact) mass is 212 g/mol. The maximum absolute atomic E-state index is 10.5. The molecule has 0 radical (unpaired) electrons. The van der Waals surface area contributed by atoms with Gasteiger partial charge in [0.15, 0.2) is 0 Å². The van der Waals surface area contributed by atoms with Crippen LogP contribution in [0.4, 0.5) is 0 Å². The first-order valence-corrected chi connectivity index (χ1v) is 6.06. The third-order valence-electron chi connectivity index (χ3n) is 4.77. The summed E-state index contributed by atoms with van der Waals surface area (Å²) >= 11 is 0. The lowest BCUT2D eigenvalue weighted by molar-refractivity contribution is -0.141. The molecule has 0 atom stereocenters. The van der Waals surface area contributed by atoms with Crippen molar-refractivity contribution in [3.63, 3.8) is 0 Å². The van der Waals surface area contributed by atoms with Crippen molar-refractivity contribution < 1.29 is 5.11 Å². The van der Waals surface area contributed by atoms with Gasteiger partial charge in [-0.05, 0) is 31.1 Å². The Morgan fingerprint density at radius 2 is 1.67 bits per heavy atom. The summed E-state index contributed by atoms with van der Waals surface area (Å²) in [6.45, 7) is 6.71. The van der Waals surface area contributed by atoms with Gasteiger partial charge in [0.2, 0.25) is 0 Å². The van der Waals surface area contributed by atoms with Crippen LogP contribution in [0.2, 0.25) is 0 Å². The molecular weight excluding hydrogens is 188 g/mol. The molecule has 0 unspecified atom stereocenters. The van der Waals surface area contributed by atoms with Crippen LogP contribution in [0.1, 0.15) is 39.5 Å². The molecule has 1 saturated carbocycles. The van der Waals surface area contributed by atoms with Crippen molar-refractivity contribution in [2.75, 3.05) is 19.6 Å². The fourth-order valence-corrected chi connectivity index (χ4v) is 3.00. The molecule has 2 rings (SSSR count). The first-order chi connectivity index (χ1) is 6.93. The summed E-state index contributed by atoms with van der Waals surface area (Å²) in [7, 11) is 0. The predicted octanol–water partition coefficient (Wildman–Crippen LogP) is 0.866. The first kappa shape index (κ1) is 11.4. The fraction of sp³-hybridized carbons (Fsp3) is 1.00. The van der Waals surface area contributed by atoms with Crippen molar-refractivity contribution in [1.29, 1.82) is 0 Å². The Balaban J connectivity index is 2.11. The Morgan fingerprint density at radius 3 is 2.00 bits per heavy atom. The molecular formula is C12H24N2O. The number of aliphatic hydroxyl groups is 1. The molecule has 15 heavy (non-hydrogen) atoms. The molecule has 4 N–H and O–H groups in total. The number of rotatable bonds is 2. The lowest BCUT2D eigenvalue weighted by Gasteiger charge is -2.56. The van der Waals surface area contributed by atoms with E-state index in [1.807, 2.05) is 0 Å². The zero-order chi connectivity index (χ0) is 11.2. The molecule has 2 aliphatic rings. The molecule has 1 saturated heterocycles. The molecule has 0 bridgehead atoms. The quantitative estimate of drug-likeness (QED) is 0.636. The molecule has 0 aromatic carbocycles. The number of nitrogens with one attached hydrogen (secondary N) is 1. The number of hydrogen-bond acceptors (Lipinski definition) is 3. The molecule has 0 aromatic rings. The van der Waals surface area contributed by atoms with E-state index in [4.69, 9.17) is 5.73 Å². The van der Waals surface area contributed by atoms with Gasteiger partial charge in [-0.1, -0.05) is 13.8 Å². The van der Waals surface area contributed by atoms with E-state index < -0.39 is 5.60 Å². The van der Waals surface area contributed by atoms with Crippen molar-refractivity contribution in [2.24, 2.45) is 16.6 Å². The largest absolute Gasteiger partial charge is 0.387 e. The fourth-order valence-electron chi connectivity index (χ4n) is 3.00. The molecule has 2 fully saturated rings. The summed E-state index contributed by atoms with van der Waals surface area (Å²) in [5.74, 6) is 0. The Hall–Kier alpha value is -0.120. The topological polar surface area (TPSA) is 58.3 Å². The van der Waals surface area contributed by atoms with Gasteiger partial charge in [0.1, 0.15) is 0 Å². The van der Waals surface area contributed by atoms with Crippen LogP contribution in [0.25, 0.3) is 0 Å². The average molecular weight is 212 g/mol. The van der Waals surface area contributed by atoms with E-state index in [-0.39, 0.29) is 5.41 Å². The van der Waals surface area contributed by atoms with Crippen LogP contribution in [-0.2, 0) is 0 Å². The van der Waals surface area contributed by atoms with E-state index in [0.717, 1.165) is 25.9 Å². The second-order valence-electron chi connectivity index (χ2n) is 6.28. The number of β-amino-alcohol motifs (C(OH)–C–C–N with tert-alkyl or cyclic N) is 1. The minimum Gasteiger partial charge on any atom is -0.387 e. The molecule has 1 heterocycles. The third kappa shape index (κ3) is 1.71. The molecule has 1 aliphatic carbocycles. The highest BCUT2D eigenvalue weighted by molar-refractivity contribution is 5.09. The lowest BCUT2D eigenvalue weighted by atomic mass is 9.56. The standard InChI is InChI=1S/C12H24N2O/c1-10(2)3-5-11(7-13,6-4-10)12(15)8-14-9-12/h14-15H,3-9,13H2,1-2H3. The van der Waals surface area contributed by atoms with E-state index in [1.165, 1.54) is 12.8 Å². The second-order valence-corrected chi connectivity index (χ2v) is 6.28. The van der Waals surface area contributed by atoms with Crippen molar-refractivity contribution in [2.45, 2.75) is 45.1 Å². The Bertz CT molecular complexity index is 236. The third-order valence-corrected chi connectivity index (χ3v) is 4.77. The molecule has 88 valence electrons. The van der Waals surface area contributed by atoms with E-state index >= 15 is 0 Å². The van der Waals surface area contributed by atoms with E-state index in [1.54, 1.807) is 0 Å². The summed E-state index contributed by atoms with van der Waals surface area (Å²) < 4.78 is 0. The predicted molar refractivity (Wildman–Crippen MR) is 61.6 cm³/mol. The van der Waals surface area contributed by atoms with E-state index in [2.05, 4.69) is 19.2 Å². The van der Waals surface area contributed by atoms with Gasteiger partial charge in [0, 0.05) is 25.0 Å². The van der Waals surface area contributed by atoms with Crippen LogP contribution in [-0.4, -0.2) is 30.3 Å². The maximum atomic E-state index is 10.5. The van der Waals surface area contributed by atoms with Gasteiger partial charge < -0.3 is 16.2 Å². The lowest BCUT2D eigenvalue weighted by Crippen LogP contribution is -2.71. The zero-order valence-electron chi connectivity index (χ0n) is 9.97. The van der Waals surface area contributed by atoms with Crippen LogP contribution in [0, 0.1) is 10.8 Å². The molecule has 3 heteroatoms. The van der Waals surface area contributed by atoms with Crippen LogP contribution in [0.3, 0.4) is 0 Å². The minimum atomic E-state index is -0.530. The van der Waals surface area contributed by atoms with Gasteiger partial charge in [-0.2, -0.15) is 0 Å². The van der Waals surface area contributed by atoms with Gasteiger partial charge in [-0.15, -0.1) is 0 Å². The SMILES string of the molecule is CC1(C)CCC(CN)(C2(O)CNC2)CC1. The summed E-state index contributed by atoms with van der Waals surface area (Å²) in [6.07, 6.45) is 4.53. The molecule has 3 nitrogen and oxygen atoms in total. The highest BCUT2D eigenvalue weighted by Crippen LogP contribution is 2.51. The minimum absolute atomic E-state index is 0.0201. The van der Waals surface area contributed by atoms with E-state index in [9.17, 15) is 5.11 Å². The van der Waals surface area contributed by atoms with Crippen LogP contribution in [0.15, 0.2) is 0 Å². The highest BCUT2D eigenvalue weighted by Gasteiger charge is 2.54. The second kappa shape index (κ2) is 3.44. The summed E-state index contributed by atoms with van der Waals surface area (Å²) in [5.41, 5.74) is 5.82. The van der Waals surface area contributed by atoms with Crippen LogP contribution in [0.5, 0.6) is 0 Å². The summed E-state index contributed by atoms with van der Waals surface area (Å²) in [6, 6.07) is 0. The van der Waals surface area contributed by atoms with Crippen LogP contribution < -0.4 is 11.1 Å².